The minimum absolute atomic E-state index is 0.0301. The molecule has 1 amide bonds. The molecule has 1 aliphatic heterocycles. The summed E-state index contributed by atoms with van der Waals surface area (Å²) in [7, 11) is 1.78. The average Bonchev–Trinajstić information content (AvgIpc) is 2.80. The fourth-order valence-corrected chi connectivity index (χ4v) is 4.51. The predicted molar refractivity (Wildman–Crippen MR) is 128 cm³/mol. The van der Waals surface area contributed by atoms with Gasteiger partial charge in [-0.15, -0.1) is 11.8 Å². The van der Waals surface area contributed by atoms with Crippen LogP contribution < -0.4 is 21.3 Å². The topological polar surface area (TPSA) is 95.6 Å². The lowest BCUT2D eigenvalue weighted by atomic mass is 9.96. The number of primary amides is 1. The van der Waals surface area contributed by atoms with E-state index >= 15 is 0 Å². The molecule has 0 radical (unpaired) electrons. The number of rotatable bonds is 7. The van der Waals surface area contributed by atoms with E-state index in [0.717, 1.165) is 43.3 Å². The Labute approximate surface area is 188 Å². The Morgan fingerprint density at radius 3 is 2.58 bits per heavy atom. The third-order valence-electron chi connectivity index (χ3n) is 5.62. The molecule has 0 spiro atoms. The van der Waals surface area contributed by atoms with Gasteiger partial charge >= 0.3 is 0 Å². The van der Waals surface area contributed by atoms with Crippen LogP contribution in [0.25, 0.3) is 0 Å². The number of carbonyl (C=O) groups excluding carboxylic acids is 1. The Morgan fingerprint density at radius 1 is 1.23 bits per heavy atom. The summed E-state index contributed by atoms with van der Waals surface area (Å²) in [6, 6.07) is 10.5. The second-order valence-corrected chi connectivity index (χ2v) is 8.59. The first-order valence-corrected chi connectivity index (χ1v) is 11.8. The normalized spacial score (nSPS) is 15.1. The number of hydrogen-bond acceptors (Lipinski definition) is 5. The highest BCUT2D eigenvalue weighted by atomic mass is 32.2. The van der Waals surface area contributed by atoms with Crippen molar-refractivity contribution in [3.63, 3.8) is 0 Å². The molecule has 1 saturated heterocycles. The molecule has 1 aromatic heterocycles. The van der Waals surface area contributed by atoms with Crippen LogP contribution in [0.3, 0.4) is 0 Å². The summed E-state index contributed by atoms with van der Waals surface area (Å²) in [4.78, 5) is 23.9. The predicted octanol–water partition coefficient (Wildman–Crippen LogP) is 2.68. The molecule has 31 heavy (non-hydrogen) atoms. The maximum absolute atomic E-state index is 11.5. The summed E-state index contributed by atoms with van der Waals surface area (Å²) in [5.74, 6) is 1.47. The van der Waals surface area contributed by atoms with E-state index in [1.54, 1.807) is 18.8 Å². The van der Waals surface area contributed by atoms with Crippen molar-refractivity contribution in [2.75, 3.05) is 31.3 Å². The average molecular weight is 441 g/mol. The van der Waals surface area contributed by atoms with Gasteiger partial charge in [0.25, 0.3) is 0 Å². The number of nitrogens with zero attached hydrogens (tertiary/aromatic N) is 3. The SMILES string of the molecule is CN=C(NCc1ccc(C)cc1SC)NCc1cccnc1N1CCC(C(N)=O)CC1. The molecule has 2 aromatic rings. The maximum Gasteiger partial charge on any atom is 0.220 e. The molecule has 0 unspecified atom stereocenters. The fraction of sp³-hybridized carbons (Fsp3) is 0.435. The second kappa shape index (κ2) is 11.0. The number of hydrogen-bond donors (Lipinski definition) is 3. The van der Waals surface area contributed by atoms with Crippen molar-refractivity contribution in [2.45, 2.75) is 37.8 Å². The number of aliphatic imine (C=N–C) groups is 1. The summed E-state index contributed by atoms with van der Waals surface area (Å²) in [6.07, 6.45) is 5.46. The lowest BCUT2D eigenvalue weighted by molar-refractivity contribution is -0.122. The first-order chi connectivity index (χ1) is 15.0. The van der Waals surface area contributed by atoms with E-state index in [4.69, 9.17) is 5.73 Å². The molecule has 7 nitrogen and oxygen atoms in total. The fourth-order valence-electron chi connectivity index (χ4n) is 3.81. The van der Waals surface area contributed by atoms with Crippen LogP contribution in [0.4, 0.5) is 5.82 Å². The molecule has 0 saturated carbocycles. The van der Waals surface area contributed by atoms with Crippen LogP contribution in [0.15, 0.2) is 46.4 Å². The highest BCUT2D eigenvalue weighted by Crippen LogP contribution is 2.24. The summed E-state index contributed by atoms with van der Waals surface area (Å²) >= 11 is 1.76. The number of anilines is 1. The van der Waals surface area contributed by atoms with Gasteiger partial charge in [-0.3, -0.25) is 9.79 Å². The van der Waals surface area contributed by atoms with Gasteiger partial charge in [-0.2, -0.15) is 0 Å². The summed E-state index contributed by atoms with van der Waals surface area (Å²) in [6.45, 7) is 5.00. The summed E-state index contributed by atoms with van der Waals surface area (Å²) in [5.41, 5.74) is 9.08. The Balaban J connectivity index is 1.60. The third-order valence-corrected chi connectivity index (χ3v) is 6.44. The van der Waals surface area contributed by atoms with Crippen LogP contribution in [-0.2, 0) is 17.9 Å². The smallest absolute Gasteiger partial charge is 0.220 e. The number of thioether (sulfide) groups is 1. The highest BCUT2D eigenvalue weighted by molar-refractivity contribution is 7.98. The van der Waals surface area contributed by atoms with Crippen LogP contribution in [0.5, 0.6) is 0 Å². The number of amides is 1. The highest BCUT2D eigenvalue weighted by Gasteiger charge is 2.24. The minimum Gasteiger partial charge on any atom is -0.369 e. The van der Waals surface area contributed by atoms with Gasteiger partial charge in [-0.1, -0.05) is 18.2 Å². The van der Waals surface area contributed by atoms with E-state index in [-0.39, 0.29) is 11.8 Å². The number of nitrogens with one attached hydrogen (secondary N) is 2. The lowest BCUT2D eigenvalue weighted by Crippen LogP contribution is -2.40. The first kappa shape index (κ1) is 22.9. The number of nitrogens with two attached hydrogens (primary N) is 1. The Kier molecular flexibility index (Phi) is 8.17. The minimum atomic E-state index is -0.198. The lowest BCUT2D eigenvalue weighted by Gasteiger charge is -2.32. The Hall–Kier alpha value is -2.74. The van der Waals surface area contributed by atoms with Crippen LogP contribution in [0.2, 0.25) is 0 Å². The van der Waals surface area contributed by atoms with Crippen LogP contribution in [-0.4, -0.2) is 43.2 Å². The molecule has 3 rings (SSSR count). The zero-order valence-electron chi connectivity index (χ0n) is 18.5. The molecular weight excluding hydrogens is 408 g/mol. The Morgan fingerprint density at radius 2 is 1.94 bits per heavy atom. The molecule has 1 aliphatic rings. The van der Waals surface area contributed by atoms with E-state index in [9.17, 15) is 4.79 Å². The van der Waals surface area contributed by atoms with Crippen LogP contribution in [0, 0.1) is 12.8 Å². The van der Waals surface area contributed by atoms with Crippen molar-refractivity contribution in [3.8, 4) is 0 Å². The zero-order valence-corrected chi connectivity index (χ0v) is 19.3. The zero-order chi connectivity index (χ0) is 22.2. The largest absolute Gasteiger partial charge is 0.369 e. The van der Waals surface area contributed by atoms with E-state index in [1.165, 1.54) is 16.0 Å². The molecule has 2 heterocycles. The molecular formula is C23H32N6OS. The number of piperidine rings is 1. The summed E-state index contributed by atoms with van der Waals surface area (Å²) < 4.78 is 0. The van der Waals surface area contributed by atoms with Gasteiger partial charge in [0.05, 0.1) is 0 Å². The van der Waals surface area contributed by atoms with Gasteiger partial charge in [-0.05, 0) is 49.3 Å². The number of guanidine groups is 1. The monoisotopic (exact) mass is 440 g/mol. The van der Waals surface area contributed by atoms with Crippen molar-refractivity contribution in [2.24, 2.45) is 16.6 Å². The quantitative estimate of drug-likeness (QED) is 0.348. The molecule has 1 aromatic carbocycles. The van der Waals surface area contributed by atoms with E-state index in [1.807, 2.05) is 12.3 Å². The van der Waals surface area contributed by atoms with E-state index < -0.39 is 0 Å². The van der Waals surface area contributed by atoms with Crippen molar-refractivity contribution in [1.29, 1.82) is 0 Å². The molecule has 1 fully saturated rings. The van der Waals surface area contributed by atoms with Crippen LogP contribution >= 0.6 is 11.8 Å². The standard InChI is InChI=1S/C23H32N6OS/c1-16-6-7-18(20(13-16)31-3)14-27-23(25-2)28-15-19-5-4-10-26-22(19)29-11-8-17(9-12-29)21(24)30/h4-7,10,13,17H,8-9,11-12,14-15H2,1-3H3,(H2,24,30)(H2,25,27,28). The van der Waals surface area contributed by atoms with Gasteiger partial charge in [0.1, 0.15) is 5.82 Å². The van der Waals surface area contributed by atoms with Crippen molar-refractivity contribution < 1.29 is 4.79 Å². The number of carbonyl (C=O) groups is 1. The number of aromatic nitrogens is 1. The first-order valence-electron chi connectivity index (χ1n) is 10.6. The molecule has 4 N–H and O–H groups in total. The van der Waals surface area contributed by atoms with Gasteiger partial charge < -0.3 is 21.3 Å². The maximum atomic E-state index is 11.5. The van der Waals surface area contributed by atoms with Gasteiger partial charge in [-0.25, -0.2) is 4.98 Å². The molecule has 166 valence electrons. The van der Waals surface area contributed by atoms with Gasteiger partial charge in [0.2, 0.25) is 5.91 Å². The number of benzene rings is 1. The Bertz CT molecular complexity index is 924. The van der Waals surface area contributed by atoms with E-state index in [2.05, 4.69) is 63.0 Å². The third kappa shape index (κ3) is 6.13. The molecule has 0 aliphatic carbocycles. The van der Waals surface area contributed by atoms with Gasteiger partial charge in [0, 0.05) is 55.8 Å². The summed E-state index contributed by atoms with van der Waals surface area (Å²) in [5, 5.41) is 6.81. The molecule has 0 bridgehead atoms. The number of aryl methyl sites for hydroxylation is 1. The molecule has 8 heteroatoms. The van der Waals surface area contributed by atoms with E-state index in [0.29, 0.717) is 13.1 Å². The van der Waals surface area contributed by atoms with Gasteiger partial charge in [0.15, 0.2) is 5.96 Å². The van der Waals surface area contributed by atoms with Crippen molar-refractivity contribution in [1.82, 2.24) is 15.6 Å². The molecule has 0 atom stereocenters. The van der Waals surface area contributed by atoms with Crippen molar-refractivity contribution in [3.05, 3.63) is 53.2 Å². The number of pyridine rings is 1. The van der Waals surface area contributed by atoms with Crippen molar-refractivity contribution >= 4 is 29.4 Å². The van der Waals surface area contributed by atoms with Crippen LogP contribution in [0.1, 0.15) is 29.5 Å². The second-order valence-electron chi connectivity index (χ2n) is 7.74.